The summed E-state index contributed by atoms with van der Waals surface area (Å²) in [4.78, 5) is 4.12. The minimum atomic E-state index is -0.455. The molecular weight excluding hydrogens is 375 g/mol. The summed E-state index contributed by atoms with van der Waals surface area (Å²) in [5, 5.41) is 11.8. The smallest absolute Gasteiger partial charge is 0.294 e. The summed E-state index contributed by atoms with van der Waals surface area (Å²) in [5.74, 6) is 0. The number of nitrogens with two attached hydrogens (primary N) is 1. The van der Waals surface area contributed by atoms with Gasteiger partial charge in [0.15, 0.2) is 5.01 Å². The van der Waals surface area contributed by atoms with Crippen molar-refractivity contribution in [2.45, 2.75) is 19.1 Å². The van der Waals surface area contributed by atoms with E-state index in [1.807, 2.05) is 36.5 Å². The van der Waals surface area contributed by atoms with Gasteiger partial charge < -0.3 is 10.5 Å². The lowest BCUT2D eigenvalue weighted by Crippen LogP contribution is -2.30. The zero-order valence-corrected chi connectivity index (χ0v) is 15.9. The Hall–Kier alpha value is -2.90. The van der Waals surface area contributed by atoms with Crippen LogP contribution in [-0.2, 0) is 13.1 Å². The van der Waals surface area contributed by atoms with E-state index in [0.717, 1.165) is 26.9 Å². The van der Waals surface area contributed by atoms with E-state index in [9.17, 15) is 4.39 Å². The average Bonchev–Trinajstić information content (AvgIpc) is 3.21. The van der Waals surface area contributed by atoms with Crippen molar-refractivity contribution < 1.29 is 9.13 Å². The Labute approximate surface area is 166 Å². The molecule has 0 fully saturated rings. The van der Waals surface area contributed by atoms with Gasteiger partial charge in [0, 0.05) is 29.4 Å². The van der Waals surface area contributed by atoms with Crippen molar-refractivity contribution in [3.63, 3.8) is 0 Å². The summed E-state index contributed by atoms with van der Waals surface area (Å²) < 4.78 is 18.3. The van der Waals surface area contributed by atoms with Crippen LogP contribution < -0.4 is 10.5 Å². The molecule has 7 heteroatoms. The lowest BCUT2D eigenvalue weighted by Gasteiger charge is -2.11. The first-order valence-corrected chi connectivity index (χ1v) is 9.73. The fourth-order valence-corrected chi connectivity index (χ4v) is 3.61. The minimum absolute atomic E-state index is 0.184. The van der Waals surface area contributed by atoms with Gasteiger partial charge in [-0.2, -0.15) is 0 Å². The van der Waals surface area contributed by atoms with E-state index in [-0.39, 0.29) is 6.04 Å². The number of hydrogen-bond acceptors (Lipinski definition) is 6. The van der Waals surface area contributed by atoms with Crippen LogP contribution in [0.1, 0.15) is 11.1 Å². The lowest BCUT2D eigenvalue weighted by atomic mass is 10.1. The molecule has 142 valence electrons. The van der Waals surface area contributed by atoms with Gasteiger partial charge in [0.05, 0.1) is 0 Å². The van der Waals surface area contributed by atoms with Gasteiger partial charge in [-0.15, -0.1) is 5.10 Å². The second kappa shape index (κ2) is 8.41. The molecule has 5 nitrogen and oxygen atoms in total. The van der Waals surface area contributed by atoms with E-state index in [0.29, 0.717) is 23.8 Å². The molecule has 0 saturated carbocycles. The Morgan fingerprint density at radius 3 is 2.64 bits per heavy atom. The number of fused-ring (bicyclic) bond motifs is 1. The maximum Gasteiger partial charge on any atom is 0.294 e. The molecule has 1 atom stereocenters. The molecule has 0 aliphatic heterocycles. The van der Waals surface area contributed by atoms with E-state index < -0.39 is 6.67 Å². The van der Waals surface area contributed by atoms with Crippen LogP contribution in [0.25, 0.3) is 21.3 Å². The van der Waals surface area contributed by atoms with E-state index in [1.165, 1.54) is 11.3 Å². The van der Waals surface area contributed by atoms with Crippen LogP contribution in [0, 0.1) is 0 Å². The predicted molar refractivity (Wildman–Crippen MR) is 109 cm³/mol. The molecule has 28 heavy (non-hydrogen) atoms. The first-order chi connectivity index (χ1) is 13.7. The normalized spacial score (nSPS) is 12.2. The molecule has 0 amide bonds. The average molecular weight is 394 g/mol. The second-order valence-electron chi connectivity index (χ2n) is 6.54. The van der Waals surface area contributed by atoms with Gasteiger partial charge in [0.25, 0.3) is 5.19 Å². The topological polar surface area (TPSA) is 73.9 Å². The predicted octanol–water partition coefficient (Wildman–Crippen LogP) is 4.17. The largest absolute Gasteiger partial charge is 0.467 e. The minimum Gasteiger partial charge on any atom is -0.467 e. The van der Waals surface area contributed by atoms with Crippen molar-refractivity contribution in [1.82, 2.24) is 15.2 Å². The number of rotatable bonds is 7. The zero-order valence-electron chi connectivity index (χ0n) is 15.1. The number of halogens is 1. The van der Waals surface area contributed by atoms with Crippen molar-refractivity contribution in [2.24, 2.45) is 5.73 Å². The van der Waals surface area contributed by atoms with Crippen LogP contribution in [0.3, 0.4) is 0 Å². The summed E-state index contributed by atoms with van der Waals surface area (Å²) in [5.41, 5.74) is 8.86. The SMILES string of the molecule is N[C@H](COc1nnc(-c2ccc3cnccc3c2)s1)Cc1ccc(CF)cc1. The zero-order chi connectivity index (χ0) is 19.3. The molecule has 0 unspecified atom stereocenters. The third-order valence-corrected chi connectivity index (χ3v) is 5.27. The molecule has 0 bridgehead atoms. The van der Waals surface area contributed by atoms with Gasteiger partial charge in [0.1, 0.15) is 13.3 Å². The molecule has 2 aromatic heterocycles. The molecule has 2 aromatic carbocycles. The molecule has 0 aliphatic carbocycles. The van der Waals surface area contributed by atoms with Crippen LogP contribution in [0.2, 0.25) is 0 Å². The molecule has 2 N–H and O–H groups in total. The number of hydrogen-bond donors (Lipinski definition) is 1. The highest BCUT2D eigenvalue weighted by molar-refractivity contribution is 7.16. The van der Waals surface area contributed by atoms with Crippen molar-refractivity contribution >= 4 is 22.1 Å². The molecule has 4 rings (SSSR count). The van der Waals surface area contributed by atoms with Gasteiger partial charge in [-0.1, -0.05) is 52.8 Å². The number of ether oxygens (including phenoxy) is 1. The highest BCUT2D eigenvalue weighted by Crippen LogP contribution is 2.29. The standard InChI is InChI=1S/C21H19FN4OS/c22-11-15-3-1-14(2-4-15)9-19(23)13-27-21-26-25-20(28-21)17-5-6-18-12-24-8-7-16(18)10-17/h1-8,10,12,19H,9,11,13,23H2/t19-/m0/s1. The van der Waals surface area contributed by atoms with Crippen molar-refractivity contribution in [3.05, 3.63) is 72.1 Å². The van der Waals surface area contributed by atoms with Crippen molar-refractivity contribution in [2.75, 3.05) is 6.61 Å². The monoisotopic (exact) mass is 394 g/mol. The Bertz CT molecular complexity index is 1070. The third kappa shape index (κ3) is 4.32. The van der Waals surface area contributed by atoms with Crippen LogP contribution in [0.15, 0.2) is 60.9 Å². The highest BCUT2D eigenvalue weighted by atomic mass is 32.1. The summed E-state index contributed by atoms with van der Waals surface area (Å²) in [6, 6.07) is 15.2. The van der Waals surface area contributed by atoms with Crippen LogP contribution in [0.4, 0.5) is 4.39 Å². The maximum absolute atomic E-state index is 12.6. The van der Waals surface area contributed by atoms with Crippen molar-refractivity contribution in [3.8, 4) is 15.8 Å². The fraction of sp³-hybridized carbons (Fsp3) is 0.190. The molecule has 4 aromatic rings. The third-order valence-electron chi connectivity index (χ3n) is 4.39. The first kappa shape index (κ1) is 18.5. The summed E-state index contributed by atoms with van der Waals surface area (Å²) in [6.45, 7) is -0.119. The van der Waals surface area contributed by atoms with E-state index >= 15 is 0 Å². The molecule has 0 aliphatic rings. The number of aromatic nitrogens is 3. The summed E-state index contributed by atoms with van der Waals surface area (Å²) >= 11 is 1.39. The number of benzene rings is 2. The lowest BCUT2D eigenvalue weighted by molar-refractivity contribution is 0.284. The van der Waals surface area contributed by atoms with Crippen LogP contribution >= 0.6 is 11.3 Å². The molecule has 2 heterocycles. The first-order valence-electron chi connectivity index (χ1n) is 8.91. The van der Waals surface area contributed by atoms with Gasteiger partial charge in [-0.05, 0) is 35.1 Å². The Morgan fingerprint density at radius 1 is 1.00 bits per heavy atom. The van der Waals surface area contributed by atoms with Crippen molar-refractivity contribution in [1.29, 1.82) is 0 Å². The Balaban J connectivity index is 1.37. The summed E-state index contributed by atoms with van der Waals surface area (Å²) in [7, 11) is 0. The maximum atomic E-state index is 12.6. The Morgan fingerprint density at radius 2 is 1.82 bits per heavy atom. The number of nitrogens with zero attached hydrogens (tertiary/aromatic N) is 3. The van der Waals surface area contributed by atoms with E-state index in [4.69, 9.17) is 10.5 Å². The van der Waals surface area contributed by atoms with Gasteiger partial charge in [0.2, 0.25) is 0 Å². The van der Waals surface area contributed by atoms with Gasteiger partial charge >= 0.3 is 0 Å². The molecular formula is C21H19FN4OS. The Kier molecular flexibility index (Phi) is 5.55. The quantitative estimate of drug-likeness (QED) is 0.509. The van der Waals surface area contributed by atoms with E-state index in [2.05, 4.69) is 21.2 Å². The number of alkyl halides is 1. The van der Waals surface area contributed by atoms with Gasteiger partial charge in [-0.25, -0.2) is 4.39 Å². The van der Waals surface area contributed by atoms with Gasteiger partial charge in [-0.3, -0.25) is 4.98 Å². The fourth-order valence-electron chi connectivity index (χ4n) is 2.91. The second-order valence-corrected chi connectivity index (χ2v) is 7.48. The number of pyridine rings is 1. The molecule has 0 radical (unpaired) electrons. The summed E-state index contributed by atoms with van der Waals surface area (Å²) in [6.07, 6.45) is 4.25. The molecule has 0 spiro atoms. The molecule has 0 saturated heterocycles. The van der Waals surface area contributed by atoms with Crippen LogP contribution in [0.5, 0.6) is 5.19 Å². The van der Waals surface area contributed by atoms with Crippen LogP contribution in [-0.4, -0.2) is 27.8 Å². The van der Waals surface area contributed by atoms with E-state index in [1.54, 1.807) is 18.3 Å². The highest BCUT2D eigenvalue weighted by Gasteiger charge is 2.11.